The Morgan fingerprint density at radius 2 is 1.67 bits per heavy atom. The van der Waals surface area contributed by atoms with E-state index in [9.17, 15) is 4.39 Å². The minimum Gasteiger partial charge on any atom is -0.496 e. The highest BCUT2D eigenvalue weighted by molar-refractivity contribution is 5.79. The van der Waals surface area contributed by atoms with E-state index in [0.29, 0.717) is 0 Å². The van der Waals surface area contributed by atoms with Gasteiger partial charge in [0.2, 0.25) is 0 Å². The Bertz CT molecular complexity index is 656. The van der Waals surface area contributed by atoms with E-state index in [1.165, 1.54) is 12.1 Å². The standard InChI is InChI=1S/C19H24FN3O/c1-21-19(22-13-11-15-7-9-17(20)10-8-15)23-14-12-16-5-3-4-6-18(16)24-2/h3-10H,11-14H2,1-2H3,(H2,21,22,23). The van der Waals surface area contributed by atoms with E-state index in [1.54, 1.807) is 26.3 Å². The molecule has 0 aromatic heterocycles. The second-order valence-corrected chi connectivity index (χ2v) is 5.36. The monoisotopic (exact) mass is 329 g/mol. The van der Waals surface area contributed by atoms with Crippen LogP contribution in [-0.4, -0.2) is 33.2 Å². The number of hydrogen-bond acceptors (Lipinski definition) is 2. The summed E-state index contributed by atoms with van der Waals surface area (Å²) in [5, 5.41) is 6.55. The molecule has 0 atom stereocenters. The van der Waals surface area contributed by atoms with Crippen LogP contribution in [0.1, 0.15) is 11.1 Å². The van der Waals surface area contributed by atoms with Gasteiger partial charge in [0.15, 0.2) is 5.96 Å². The fourth-order valence-electron chi connectivity index (χ4n) is 2.42. The molecule has 0 amide bonds. The third kappa shape index (κ3) is 5.57. The molecule has 0 unspecified atom stereocenters. The third-order valence-corrected chi connectivity index (χ3v) is 3.72. The van der Waals surface area contributed by atoms with Gasteiger partial charge in [-0.05, 0) is 42.2 Å². The number of rotatable bonds is 7. The van der Waals surface area contributed by atoms with Gasteiger partial charge in [-0.15, -0.1) is 0 Å². The molecule has 4 nitrogen and oxygen atoms in total. The van der Waals surface area contributed by atoms with Crippen LogP contribution in [0.15, 0.2) is 53.5 Å². The normalized spacial score (nSPS) is 11.2. The fraction of sp³-hybridized carbons (Fsp3) is 0.316. The van der Waals surface area contributed by atoms with Crippen LogP contribution in [0.2, 0.25) is 0 Å². The predicted octanol–water partition coefficient (Wildman–Crippen LogP) is 2.78. The number of methoxy groups -OCH3 is 1. The summed E-state index contributed by atoms with van der Waals surface area (Å²) < 4.78 is 18.2. The van der Waals surface area contributed by atoms with Crippen molar-refractivity contribution in [2.75, 3.05) is 27.2 Å². The summed E-state index contributed by atoms with van der Waals surface area (Å²) in [5.74, 6) is 1.45. The van der Waals surface area contributed by atoms with Crippen LogP contribution in [0, 0.1) is 5.82 Å². The first-order chi connectivity index (χ1) is 11.7. The van der Waals surface area contributed by atoms with E-state index in [0.717, 1.165) is 48.8 Å². The van der Waals surface area contributed by atoms with Crippen molar-refractivity contribution in [1.82, 2.24) is 10.6 Å². The van der Waals surface area contributed by atoms with Crippen molar-refractivity contribution in [3.8, 4) is 5.75 Å². The first-order valence-corrected chi connectivity index (χ1v) is 8.04. The van der Waals surface area contributed by atoms with Crippen LogP contribution in [0.4, 0.5) is 4.39 Å². The Hall–Kier alpha value is -2.56. The lowest BCUT2D eigenvalue weighted by atomic mass is 10.1. The zero-order chi connectivity index (χ0) is 17.2. The summed E-state index contributed by atoms with van der Waals surface area (Å²) in [4.78, 5) is 4.21. The highest BCUT2D eigenvalue weighted by Crippen LogP contribution is 2.17. The molecule has 2 aromatic carbocycles. The average Bonchev–Trinajstić information content (AvgIpc) is 2.62. The maximum absolute atomic E-state index is 12.9. The van der Waals surface area contributed by atoms with Crippen molar-refractivity contribution in [2.45, 2.75) is 12.8 Å². The lowest BCUT2D eigenvalue weighted by molar-refractivity contribution is 0.409. The zero-order valence-corrected chi connectivity index (χ0v) is 14.2. The molecule has 24 heavy (non-hydrogen) atoms. The van der Waals surface area contributed by atoms with E-state index < -0.39 is 0 Å². The summed E-state index contributed by atoms with van der Waals surface area (Å²) in [6.45, 7) is 1.50. The average molecular weight is 329 g/mol. The zero-order valence-electron chi connectivity index (χ0n) is 14.2. The molecular formula is C19H24FN3O. The van der Waals surface area contributed by atoms with Gasteiger partial charge in [0, 0.05) is 20.1 Å². The number of nitrogens with one attached hydrogen (secondary N) is 2. The maximum atomic E-state index is 12.9. The Balaban J connectivity index is 1.73. The summed E-state index contributed by atoms with van der Waals surface area (Å²) in [5.41, 5.74) is 2.25. The molecule has 0 heterocycles. The molecule has 2 N–H and O–H groups in total. The van der Waals surface area contributed by atoms with Crippen LogP contribution in [0.25, 0.3) is 0 Å². The Morgan fingerprint density at radius 1 is 1.00 bits per heavy atom. The van der Waals surface area contributed by atoms with Crippen molar-refractivity contribution in [1.29, 1.82) is 0 Å². The van der Waals surface area contributed by atoms with Gasteiger partial charge in [0.1, 0.15) is 11.6 Å². The van der Waals surface area contributed by atoms with Crippen LogP contribution < -0.4 is 15.4 Å². The van der Waals surface area contributed by atoms with Crippen molar-refractivity contribution in [3.05, 3.63) is 65.5 Å². The molecule has 0 spiro atoms. The van der Waals surface area contributed by atoms with Gasteiger partial charge in [-0.25, -0.2) is 4.39 Å². The quantitative estimate of drug-likeness (QED) is 0.606. The van der Waals surface area contributed by atoms with Crippen molar-refractivity contribution in [3.63, 3.8) is 0 Å². The summed E-state index contributed by atoms with van der Waals surface area (Å²) in [7, 11) is 3.43. The Kier molecular flexibility index (Phi) is 7.08. The topological polar surface area (TPSA) is 45.7 Å². The molecule has 128 valence electrons. The van der Waals surface area contributed by atoms with Gasteiger partial charge < -0.3 is 15.4 Å². The number of hydrogen-bond donors (Lipinski definition) is 2. The molecular weight excluding hydrogens is 305 g/mol. The van der Waals surface area contributed by atoms with Crippen molar-refractivity contribution >= 4 is 5.96 Å². The van der Waals surface area contributed by atoms with E-state index in [-0.39, 0.29) is 5.82 Å². The van der Waals surface area contributed by atoms with Gasteiger partial charge in [0.25, 0.3) is 0 Å². The highest BCUT2D eigenvalue weighted by atomic mass is 19.1. The number of benzene rings is 2. The van der Waals surface area contributed by atoms with Crippen LogP contribution in [0.3, 0.4) is 0 Å². The molecule has 0 radical (unpaired) electrons. The largest absolute Gasteiger partial charge is 0.496 e. The van der Waals surface area contributed by atoms with Gasteiger partial charge >= 0.3 is 0 Å². The molecule has 0 aliphatic heterocycles. The number of para-hydroxylation sites is 1. The first kappa shape index (κ1) is 17.8. The number of halogens is 1. The molecule has 5 heteroatoms. The number of nitrogens with zero attached hydrogens (tertiary/aromatic N) is 1. The smallest absolute Gasteiger partial charge is 0.190 e. The van der Waals surface area contributed by atoms with Crippen molar-refractivity contribution < 1.29 is 9.13 Å². The SMILES string of the molecule is CN=C(NCCc1ccc(F)cc1)NCCc1ccccc1OC. The lowest BCUT2D eigenvalue weighted by Gasteiger charge is -2.13. The van der Waals surface area contributed by atoms with Gasteiger partial charge in [-0.3, -0.25) is 4.99 Å². The maximum Gasteiger partial charge on any atom is 0.190 e. The number of aliphatic imine (C=N–C) groups is 1. The molecule has 0 bridgehead atoms. The molecule has 0 saturated heterocycles. The molecule has 2 aromatic rings. The van der Waals surface area contributed by atoms with E-state index in [2.05, 4.69) is 21.7 Å². The fourth-order valence-corrected chi connectivity index (χ4v) is 2.42. The van der Waals surface area contributed by atoms with E-state index in [4.69, 9.17) is 4.74 Å². The van der Waals surface area contributed by atoms with Gasteiger partial charge in [0.05, 0.1) is 7.11 Å². The molecule has 2 rings (SSSR count). The van der Waals surface area contributed by atoms with E-state index >= 15 is 0 Å². The summed E-state index contributed by atoms with van der Waals surface area (Å²) in [6.07, 6.45) is 1.66. The van der Waals surface area contributed by atoms with Gasteiger partial charge in [-0.2, -0.15) is 0 Å². The van der Waals surface area contributed by atoms with Gasteiger partial charge in [-0.1, -0.05) is 30.3 Å². The van der Waals surface area contributed by atoms with Crippen LogP contribution in [-0.2, 0) is 12.8 Å². The second kappa shape index (κ2) is 9.55. The summed E-state index contributed by atoms with van der Waals surface area (Å²) >= 11 is 0. The van der Waals surface area contributed by atoms with Crippen LogP contribution in [0.5, 0.6) is 5.75 Å². The second-order valence-electron chi connectivity index (χ2n) is 5.36. The molecule has 0 fully saturated rings. The Labute approximate surface area is 142 Å². The number of guanidine groups is 1. The summed E-state index contributed by atoms with van der Waals surface area (Å²) in [6, 6.07) is 14.6. The minimum absolute atomic E-state index is 0.208. The first-order valence-electron chi connectivity index (χ1n) is 8.04. The van der Waals surface area contributed by atoms with E-state index in [1.807, 2.05) is 18.2 Å². The highest BCUT2D eigenvalue weighted by Gasteiger charge is 2.02. The third-order valence-electron chi connectivity index (χ3n) is 3.72. The van der Waals surface area contributed by atoms with Crippen LogP contribution >= 0.6 is 0 Å². The Morgan fingerprint density at radius 3 is 2.33 bits per heavy atom. The molecule has 0 saturated carbocycles. The lowest BCUT2D eigenvalue weighted by Crippen LogP contribution is -2.39. The molecule has 0 aliphatic rings. The number of ether oxygens (including phenoxy) is 1. The molecule has 0 aliphatic carbocycles. The van der Waals surface area contributed by atoms with Crippen molar-refractivity contribution in [2.24, 2.45) is 4.99 Å². The minimum atomic E-state index is -0.208. The predicted molar refractivity (Wildman–Crippen MR) is 96.2 cm³/mol.